The van der Waals surface area contributed by atoms with E-state index in [0.29, 0.717) is 18.7 Å². The molecule has 132 valence electrons. The molecular formula is C18H20N2O4S. The summed E-state index contributed by atoms with van der Waals surface area (Å²) in [7, 11) is -3.46. The maximum atomic E-state index is 12.4. The number of hydroxylamine groups is 1. The highest BCUT2D eigenvalue weighted by atomic mass is 32.2. The third kappa shape index (κ3) is 4.25. The molecule has 25 heavy (non-hydrogen) atoms. The van der Waals surface area contributed by atoms with Gasteiger partial charge in [-0.25, -0.2) is 13.9 Å². The molecule has 0 radical (unpaired) electrons. The van der Waals surface area contributed by atoms with Crippen LogP contribution < -0.4 is 5.48 Å². The van der Waals surface area contributed by atoms with E-state index in [1.807, 2.05) is 30.3 Å². The fraction of sp³-hybridized carbons (Fsp3) is 0.278. The summed E-state index contributed by atoms with van der Waals surface area (Å²) in [5, 5.41) is 0. The van der Waals surface area contributed by atoms with Crippen molar-refractivity contribution >= 4 is 15.9 Å². The van der Waals surface area contributed by atoms with Crippen LogP contribution in [0.2, 0.25) is 0 Å². The first-order valence-electron chi connectivity index (χ1n) is 8.14. The Kier molecular flexibility index (Phi) is 5.47. The van der Waals surface area contributed by atoms with Gasteiger partial charge in [-0.2, -0.15) is 4.31 Å². The summed E-state index contributed by atoms with van der Waals surface area (Å²) in [4.78, 5) is 17.4. The van der Waals surface area contributed by atoms with Gasteiger partial charge in [0.2, 0.25) is 10.0 Å². The minimum absolute atomic E-state index is 0.205. The molecule has 6 nitrogen and oxygen atoms in total. The molecule has 0 bridgehead atoms. The lowest BCUT2D eigenvalue weighted by atomic mass is 10.2. The largest absolute Gasteiger partial charge is 0.274 e. The molecule has 1 fully saturated rings. The Hall–Kier alpha value is -2.22. The number of hydrogen-bond donors (Lipinski definition) is 1. The normalized spacial score (nSPS) is 15.2. The van der Waals surface area contributed by atoms with Crippen molar-refractivity contribution in [1.29, 1.82) is 0 Å². The van der Waals surface area contributed by atoms with Crippen molar-refractivity contribution in [2.24, 2.45) is 0 Å². The van der Waals surface area contributed by atoms with Crippen molar-refractivity contribution < 1.29 is 18.0 Å². The SMILES string of the molecule is O=C(NOCc1ccccc1)c1ccc(S(=O)(=O)N2CCCC2)cc1. The van der Waals surface area contributed by atoms with Gasteiger partial charge in [0.25, 0.3) is 5.91 Å². The van der Waals surface area contributed by atoms with Crippen LogP contribution in [0, 0.1) is 0 Å². The van der Waals surface area contributed by atoms with Crippen molar-refractivity contribution in [2.45, 2.75) is 24.3 Å². The van der Waals surface area contributed by atoms with Crippen LogP contribution in [-0.2, 0) is 21.5 Å². The molecule has 0 saturated carbocycles. The Morgan fingerprint density at radius 3 is 2.28 bits per heavy atom. The third-order valence-corrected chi connectivity index (χ3v) is 5.98. The van der Waals surface area contributed by atoms with E-state index in [2.05, 4.69) is 5.48 Å². The second kappa shape index (κ2) is 7.77. The van der Waals surface area contributed by atoms with Crippen LogP contribution in [0.1, 0.15) is 28.8 Å². The Labute approximate surface area is 147 Å². The van der Waals surface area contributed by atoms with Crippen LogP contribution in [0.25, 0.3) is 0 Å². The fourth-order valence-corrected chi connectivity index (χ4v) is 4.19. The highest BCUT2D eigenvalue weighted by Gasteiger charge is 2.27. The molecule has 0 atom stereocenters. The number of rotatable bonds is 6. The summed E-state index contributed by atoms with van der Waals surface area (Å²) >= 11 is 0. The molecule has 0 aliphatic carbocycles. The maximum Gasteiger partial charge on any atom is 0.274 e. The molecule has 1 heterocycles. The van der Waals surface area contributed by atoms with Gasteiger partial charge < -0.3 is 0 Å². The first-order valence-corrected chi connectivity index (χ1v) is 9.58. The number of hydrogen-bond acceptors (Lipinski definition) is 4. The van der Waals surface area contributed by atoms with Gasteiger partial charge >= 0.3 is 0 Å². The van der Waals surface area contributed by atoms with Crippen LogP contribution in [0.3, 0.4) is 0 Å². The van der Waals surface area contributed by atoms with E-state index in [1.54, 1.807) is 0 Å². The van der Waals surface area contributed by atoms with Crippen LogP contribution in [-0.4, -0.2) is 31.7 Å². The molecule has 1 aliphatic heterocycles. The zero-order valence-electron chi connectivity index (χ0n) is 13.7. The Balaban J connectivity index is 1.59. The molecular weight excluding hydrogens is 340 g/mol. The zero-order chi connectivity index (χ0) is 17.7. The number of carbonyl (C=O) groups is 1. The van der Waals surface area contributed by atoms with Crippen LogP contribution in [0.15, 0.2) is 59.5 Å². The predicted octanol–water partition coefficient (Wildman–Crippen LogP) is 2.33. The minimum atomic E-state index is -3.46. The Bertz CT molecular complexity index is 814. The van der Waals surface area contributed by atoms with Crippen molar-refractivity contribution in [3.63, 3.8) is 0 Å². The summed E-state index contributed by atoms with van der Waals surface area (Å²) < 4.78 is 26.4. The topological polar surface area (TPSA) is 75.7 Å². The van der Waals surface area contributed by atoms with E-state index in [1.165, 1.54) is 28.6 Å². The monoisotopic (exact) mass is 360 g/mol. The van der Waals surface area contributed by atoms with Crippen molar-refractivity contribution in [2.75, 3.05) is 13.1 Å². The third-order valence-electron chi connectivity index (χ3n) is 4.07. The first kappa shape index (κ1) is 17.6. The fourth-order valence-electron chi connectivity index (χ4n) is 2.67. The van der Waals surface area contributed by atoms with Crippen molar-refractivity contribution in [1.82, 2.24) is 9.79 Å². The van der Waals surface area contributed by atoms with Gasteiger partial charge in [0, 0.05) is 18.7 Å². The summed E-state index contributed by atoms with van der Waals surface area (Å²) in [6.45, 7) is 1.36. The standard InChI is InChI=1S/C18H20N2O4S/c21-18(19-24-14-15-6-2-1-3-7-15)16-8-10-17(11-9-16)25(22,23)20-12-4-5-13-20/h1-3,6-11H,4-5,12-14H2,(H,19,21). The quantitative estimate of drug-likeness (QED) is 0.802. The average Bonchev–Trinajstić information content (AvgIpc) is 3.18. The van der Waals surface area contributed by atoms with Crippen LogP contribution >= 0.6 is 0 Å². The van der Waals surface area contributed by atoms with Crippen LogP contribution in [0.4, 0.5) is 0 Å². The lowest BCUT2D eigenvalue weighted by molar-refractivity contribution is 0.0233. The molecule has 7 heteroatoms. The first-order chi connectivity index (χ1) is 12.1. The number of sulfonamides is 1. The molecule has 2 aromatic carbocycles. The molecule has 1 amide bonds. The predicted molar refractivity (Wildman–Crippen MR) is 93.1 cm³/mol. The average molecular weight is 360 g/mol. The number of amides is 1. The highest BCUT2D eigenvalue weighted by molar-refractivity contribution is 7.89. The Morgan fingerprint density at radius 2 is 1.64 bits per heavy atom. The van der Waals surface area contributed by atoms with E-state index in [-0.39, 0.29) is 11.5 Å². The number of nitrogens with zero attached hydrogens (tertiary/aromatic N) is 1. The zero-order valence-corrected chi connectivity index (χ0v) is 14.5. The van der Waals surface area contributed by atoms with Crippen molar-refractivity contribution in [3.05, 3.63) is 65.7 Å². The van der Waals surface area contributed by atoms with Gasteiger partial charge in [0.1, 0.15) is 0 Å². The van der Waals surface area contributed by atoms with Gasteiger partial charge in [0.15, 0.2) is 0 Å². The molecule has 3 rings (SSSR count). The summed E-state index contributed by atoms with van der Waals surface area (Å²) in [5.74, 6) is -0.416. The molecule has 1 N–H and O–H groups in total. The van der Waals surface area contributed by atoms with E-state index in [4.69, 9.17) is 4.84 Å². The van der Waals surface area contributed by atoms with Gasteiger partial charge in [-0.05, 0) is 42.7 Å². The van der Waals surface area contributed by atoms with Gasteiger partial charge in [-0.3, -0.25) is 9.63 Å². The van der Waals surface area contributed by atoms with Crippen LogP contribution in [0.5, 0.6) is 0 Å². The molecule has 0 unspecified atom stereocenters. The summed E-state index contributed by atoms with van der Waals surface area (Å²) in [5.41, 5.74) is 3.64. The highest BCUT2D eigenvalue weighted by Crippen LogP contribution is 2.21. The number of nitrogens with one attached hydrogen (secondary N) is 1. The summed E-state index contributed by atoms with van der Waals surface area (Å²) in [6.07, 6.45) is 1.77. The lowest BCUT2D eigenvalue weighted by Crippen LogP contribution is -2.28. The second-order valence-electron chi connectivity index (χ2n) is 5.84. The maximum absolute atomic E-state index is 12.4. The molecule has 0 aromatic heterocycles. The van der Waals surface area contributed by atoms with Gasteiger partial charge in [-0.1, -0.05) is 30.3 Å². The van der Waals surface area contributed by atoms with Gasteiger partial charge in [0.05, 0.1) is 11.5 Å². The summed E-state index contributed by atoms with van der Waals surface area (Å²) in [6, 6.07) is 15.4. The number of benzene rings is 2. The van der Waals surface area contributed by atoms with Crippen molar-refractivity contribution in [3.8, 4) is 0 Å². The lowest BCUT2D eigenvalue weighted by Gasteiger charge is -2.15. The molecule has 1 aliphatic rings. The molecule has 0 spiro atoms. The molecule has 2 aromatic rings. The van der Waals surface area contributed by atoms with E-state index < -0.39 is 15.9 Å². The number of carbonyl (C=O) groups excluding carboxylic acids is 1. The van der Waals surface area contributed by atoms with Gasteiger partial charge in [-0.15, -0.1) is 0 Å². The van der Waals surface area contributed by atoms with E-state index >= 15 is 0 Å². The van der Waals surface area contributed by atoms with E-state index in [9.17, 15) is 13.2 Å². The molecule has 1 saturated heterocycles. The van der Waals surface area contributed by atoms with E-state index in [0.717, 1.165) is 18.4 Å². The Morgan fingerprint density at radius 1 is 1.00 bits per heavy atom. The second-order valence-corrected chi connectivity index (χ2v) is 7.78. The smallest absolute Gasteiger partial charge is 0.269 e. The minimum Gasteiger partial charge on any atom is -0.269 e.